The van der Waals surface area contributed by atoms with Gasteiger partial charge >= 0.3 is 5.97 Å². The number of hydrogen-bond acceptors (Lipinski definition) is 8. The Morgan fingerprint density at radius 2 is 2.07 bits per heavy atom. The zero-order valence-corrected chi connectivity index (χ0v) is 15.7. The van der Waals surface area contributed by atoms with Gasteiger partial charge in [0, 0.05) is 0 Å². The normalized spacial score (nSPS) is 12.0. The fraction of sp³-hybridized carbons (Fsp3) is 0.294. The SMILES string of the molecule is CCOC(=O)c1sc(NC(=O)C(C)n2nnc3ccccc3c2=O)nc1C. The Kier molecular flexibility index (Phi) is 5.26. The minimum absolute atomic E-state index is 0.245. The molecule has 1 aromatic carbocycles. The fourth-order valence-electron chi connectivity index (χ4n) is 2.41. The van der Waals surface area contributed by atoms with Crippen LogP contribution in [0.25, 0.3) is 10.9 Å². The number of amides is 1. The van der Waals surface area contributed by atoms with Crippen LogP contribution in [-0.4, -0.2) is 38.5 Å². The predicted molar refractivity (Wildman–Crippen MR) is 99.9 cm³/mol. The van der Waals surface area contributed by atoms with Gasteiger partial charge in [-0.1, -0.05) is 28.7 Å². The van der Waals surface area contributed by atoms with Crippen molar-refractivity contribution in [3.8, 4) is 0 Å². The standard InChI is InChI=1S/C17H17N5O4S/c1-4-26-16(25)13-9(2)18-17(27-13)19-14(23)10(3)22-15(24)11-7-5-6-8-12(11)20-21-22/h5-8,10H,4H2,1-3H3,(H,18,19,23). The third kappa shape index (κ3) is 3.70. The Bertz CT molecular complexity index is 1070. The van der Waals surface area contributed by atoms with Crippen LogP contribution in [0.4, 0.5) is 5.13 Å². The van der Waals surface area contributed by atoms with Crippen molar-refractivity contribution in [1.29, 1.82) is 0 Å². The largest absolute Gasteiger partial charge is 0.462 e. The van der Waals surface area contributed by atoms with Crippen molar-refractivity contribution < 1.29 is 14.3 Å². The monoisotopic (exact) mass is 387 g/mol. The van der Waals surface area contributed by atoms with E-state index in [0.717, 1.165) is 16.0 Å². The summed E-state index contributed by atoms with van der Waals surface area (Å²) in [6.07, 6.45) is 0. The van der Waals surface area contributed by atoms with Crippen LogP contribution < -0.4 is 10.9 Å². The molecule has 1 amide bonds. The van der Waals surface area contributed by atoms with Crippen LogP contribution in [0.15, 0.2) is 29.1 Å². The number of aromatic nitrogens is 4. The summed E-state index contributed by atoms with van der Waals surface area (Å²) in [6, 6.07) is 5.86. The van der Waals surface area contributed by atoms with Crippen LogP contribution >= 0.6 is 11.3 Å². The second-order valence-electron chi connectivity index (χ2n) is 5.68. The number of fused-ring (bicyclic) bond motifs is 1. The van der Waals surface area contributed by atoms with E-state index in [0.29, 0.717) is 21.5 Å². The summed E-state index contributed by atoms with van der Waals surface area (Å²) in [5.41, 5.74) is 0.510. The first-order chi connectivity index (χ1) is 12.9. The molecule has 9 nitrogen and oxygen atoms in total. The predicted octanol–water partition coefficient (Wildman–Crippen LogP) is 1.93. The van der Waals surface area contributed by atoms with Crippen molar-refractivity contribution in [2.75, 3.05) is 11.9 Å². The van der Waals surface area contributed by atoms with Gasteiger partial charge in [0.1, 0.15) is 16.4 Å². The third-order valence-electron chi connectivity index (χ3n) is 3.83. The number of nitrogens with one attached hydrogen (secondary N) is 1. The molecule has 0 aliphatic carbocycles. The van der Waals surface area contributed by atoms with Crippen molar-refractivity contribution in [2.24, 2.45) is 0 Å². The first-order valence-electron chi connectivity index (χ1n) is 8.22. The minimum atomic E-state index is -0.912. The summed E-state index contributed by atoms with van der Waals surface area (Å²) in [7, 11) is 0. The zero-order chi connectivity index (χ0) is 19.6. The van der Waals surface area contributed by atoms with Crippen LogP contribution in [0.5, 0.6) is 0 Å². The van der Waals surface area contributed by atoms with Gasteiger partial charge in [-0.3, -0.25) is 9.59 Å². The van der Waals surface area contributed by atoms with Crippen LogP contribution in [0.2, 0.25) is 0 Å². The number of anilines is 1. The molecule has 0 bridgehead atoms. The summed E-state index contributed by atoms with van der Waals surface area (Å²) in [4.78, 5) is 41.4. The summed E-state index contributed by atoms with van der Waals surface area (Å²) < 4.78 is 5.97. The summed E-state index contributed by atoms with van der Waals surface area (Å²) in [5, 5.41) is 11.0. The summed E-state index contributed by atoms with van der Waals surface area (Å²) in [6.45, 7) is 5.15. The van der Waals surface area contributed by atoms with Gasteiger partial charge in [0.15, 0.2) is 5.13 Å². The van der Waals surface area contributed by atoms with Crippen molar-refractivity contribution in [2.45, 2.75) is 26.8 Å². The number of nitrogens with zero attached hydrogens (tertiary/aromatic N) is 4. The number of rotatable bonds is 5. The lowest BCUT2D eigenvalue weighted by molar-refractivity contribution is -0.119. The van der Waals surface area contributed by atoms with E-state index in [4.69, 9.17) is 4.74 Å². The molecule has 2 heterocycles. The molecule has 140 valence electrons. The number of carbonyl (C=O) groups excluding carboxylic acids is 2. The van der Waals surface area contributed by atoms with E-state index in [1.807, 2.05) is 0 Å². The molecule has 0 spiro atoms. The Balaban J connectivity index is 1.83. The van der Waals surface area contributed by atoms with Crippen molar-refractivity contribution in [3.05, 3.63) is 45.2 Å². The van der Waals surface area contributed by atoms with Gasteiger partial charge in [0.05, 0.1) is 17.7 Å². The second kappa shape index (κ2) is 7.62. The minimum Gasteiger partial charge on any atom is -0.462 e. The quantitative estimate of drug-likeness (QED) is 0.665. The Morgan fingerprint density at radius 3 is 2.81 bits per heavy atom. The van der Waals surface area contributed by atoms with Crippen molar-refractivity contribution in [3.63, 3.8) is 0 Å². The summed E-state index contributed by atoms with van der Waals surface area (Å²) >= 11 is 1.01. The Morgan fingerprint density at radius 1 is 1.33 bits per heavy atom. The highest BCUT2D eigenvalue weighted by Gasteiger charge is 2.22. The van der Waals surface area contributed by atoms with Gasteiger partial charge in [0.25, 0.3) is 11.5 Å². The molecule has 0 saturated heterocycles. The molecule has 0 saturated carbocycles. The van der Waals surface area contributed by atoms with Crippen LogP contribution in [0.1, 0.15) is 35.3 Å². The molecule has 2 aromatic heterocycles. The lowest BCUT2D eigenvalue weighted by Crippen LogP contribution is -2.34. The molecule has 10 heteroatoms. The lowest BCUT2D eigenvalue weighted by Gasteiger charge is -2.12. The fourth-order valence-corrected chi connectivity index (χ4v) is 3.28. The molecule has 1 atom stereocenters. The number of benzene rings is 1. The lowest BCUT2D eigenvalue weighted by atomic mass is 10.2. The van der Waals surface area contributed by atoms with E-state index in [9.17, 15) is 14.4 Å². The molecule has 1 N–H and O–H groups in total. The van der Waals surface area contributed by atoms with E-state index in [2.05, 4.69) is 20.6 Å². The van der Waals surface area contributed by atoms with Gasteiger partial charge in [-0.15, -0.1) is 5.10 Å². The smallest absolute Gasteiger partial charge is 0.350 e. The first-order valence-corrected chi connectivity index (χ1v) is 9.03. The maximum Gasteiger partial charge on any atom is 0.350 e. The van der Waals surface area contributed by atoms with Crippen molar-refractivity contribution >= 4 is 39.2 Å². The molecule has 3 aromatic rings. The zero-order valence-electron chi connectivity index (χ0n) is 14.9. The highest BCUT2D eigenvalue weighted by atomic mass is 32.1. The van der Waals surface area contributed by atoms with Gasteiger partial charge in [-0.25, -0.2) is 9.78 Å². The van der Waals surface area contributed by atoms with E-state index < -0.39 is 23.5 Å². The highest BCUT2D eigenvalue weighted by Crippen LogP contribution is 2.24. The molecule has 0 aliphatic heterocycles. The highest BCUT2D eigenvalue weighted by molar-refractivity contribution is 7.17. The van der Waals surface area contributed by atoms with Crippen LogP contribution in [-0.2, 0) is 9.53 Å². The second-order valence-corrected chi connectivity index (χ2v) is 6.67. The van der Waals surface area contributed by atoms with Gasteiger partial charge in [-0.2, -0.15) is 4.68 Å². The third-order valence-corrected chi connectivity index (χ3v) is 4.88. The molecule has 0 radical (unpaired) electrons. The van der Waals surface area contributed by atoms with Crippen molar-refractivity contribution in [1.82, 2.24) is 20.0 Å². The molecule has 0 aliphatic rings. The number of hydrogen-bond donors (Lipinski definition) is 1. The number of aryl methyl sites for hydroxylation is 1. The average Bonchev–Trinajstić information content (AvgIpc) is 3.02. The maximum absolute atomic E-state index is 12.6. The first kappa shape index (κ1) is 18.6. The molecule has 27 heavy (non-hydrogen) atoms. The van der Waals surface area contributed by atoms with Crippen LogP contribution in [0, 0.1) is 6.92 Å². The van der Waals surface area contributed by atoms with Gasteiger partial charge < -0.3 is 10.1 Å². The van der Waals surface area contributed by atoms with E-state index >= 15 is 0 Å². The topological polar surface area (TPSA) is 116 Å². The number of thiazole rings is 1. The Hall–Kier alpha value is -3.14. The molecule has 3 rings (SSSR count). The Labute approximate surface area is 158 Å². The number of ether oxygens (including phenoxy) is 1. The average molecular weight is 387 g/mol. The maximum atomic E-state index is 12.6. The summed E-state index contributed by atoms with van der Waals surface area (Å²) in [5.74, 6) is -0.983. The molecular weight excluding hydrogens is 370 g/mol. The van der Waals surface area contributed by atoms with Crippen LogP contribution in [0.3, 0.4) is 0 Å². The molecular formula is C17H17N5O4S. The molecule has 0 fully saturated rings. The van der Waals surface area contributed by atoms with E-state index in [1.165, 1.54) is 6.92 Å². The molecule has 1 unspecified atom stereocenters. The number of carbonyl (C=O) groups is 2. The van der Waals surface area contributed by atoms with E-state index in [1.54, 1.807) is 38.1 Å². The van der Waals surface area contributed by atoms with E-state index in [-0.39, 0.29) is 11.7 Å². The van der Waals surface area contributed by atoms with Gasteiger partial charge in [-0.05, 0) is 32.9 Å². The number of esters is 1. The van der Waals surface area contributed by atoms with Gasteiger partial charge in [0.2, 0.25) is 0 Å².